The fourth-order valence-electron chi connectivity index (χ4n) is 2.97. The first-order valence-electron chi connectivity index (χ1n) is 8.89. The zero-order valence-electron chi connectivity index (χ0n) is 16.9. The lowest BCUT2D eigenvalue weighted by molar-refractivity contribution is -0.138. The van der Waals surface area contributed by atoms with Crippen molar-refractivity contribution in [2.24, 2.45) is 10.4 Å². The van der Waals surface area contributed by atoms with Gasteiger partial charge in [0.25, 0.3) is 0 Å². The SMILES string of the molecule is CCNC(=NCC(C)(C)S(C)(=O)=O)NCC1(C(=O)N(C)C)CCCC1.I. The number of amides is 1. The van der Waals surface area contributed by atoms with E-state index in [1.54, 1.807) is 32.8 Å². The van der Waals surface area contributed by atoms with E-state index in [4.69, 9.17) is 0 Å². The molecule has 0 heterocycles. The molecule has 1 aliphatic rings. The van der Waals surface area contributed by atoms with Crippen molar-refractivity contribution in [3.05, 3.63) is 0 Å². The van der Waals surface area contributed by atoms with Crippen LogP contribution in [-0.2, 0) is 14.6 Å². The van der Waals surface area contributed by atoms with Crippen molar-refractivity contribution in [2.75, 3.05) is 40.0 Å². The predicted octanol–water partition coefficient (Wildman–Crippen LogP) is 1.63. The third-order valence-corrected chi connectivity index (χ3v) is 7.12. The van der Waals surface area contributed by atoms with Crippen molar-refractivity contribution in [1.29, 1.82) is 0 Å². The van der Waals surface area contributed by atoms with Gasteiger partial charge in [0, 0.05) is 33.4 Å². The zero-order valence-corrected chi connectivity index (χ0v) is 20.0. The fourth-order valence-corrected chi connectivity index (χ4v) is 3.27. The Kier molecular flexibility index (Phi) is 9.87. The number of hydrogen-bond donors (Lipinski definition) is 2. The summed E-state index contributed by atoms with van der Waals surface area (Å²) >= 11 is 0. The first-order valence-corrected chi connectivity index (χ1v) is 10.8. The second kappa shape index (κ2) is 10.1. The Bertz CT molecular complexity index is 597. The molecule has 0 radical (unpaired) electrons. The van der Waals surface area contributed by atoms with Gasteiger partial charge in [-0.3, -0.25) is 9.79 Å². The highest BCUT2D eigenvalue weighted by Gasteiger charge is 2.42. The molecule has 7 nitrogen and oxygen atoms in total. The average molecular weight is 502 g/mol. The molecule has 0 spiro atoms. The van der Waals surface area contributed by atoms with Gasteiger partial charge < -0.3 is 15.5 Å². The maximum absolute atomic E-state index is 12.6. The number of halogens is 1. The van der Waals surface area contributed by atoms with Crippen LogP contribution in [0.2, 0.25) is 0 Å². The summed E-state index contributed by atoms with van der Waals surface area (Å²) in [5.41, 5.74) is -0.397. The van der Waals surface area contributed by atoms with E-state index >= 15 is 0 Å². The number of aliphatic imine (C=N–C) groups is 1. The number of nitrogens with one attached hydrogen (secondary N) is 2. The van der Waals surface area contributed by atoms with Gasteiger partial charge in [0.2, 0.25) is 5.91 Å². The lowest BCUT2D eigenvalue weighted by Gasteiger charge is -2.31. The maximum atomic E-state index is 12.6. The van der Waals surface area contributed by atoms with Gasteiger partial charge in [0.1, 0.15) is 0 Å². The molecule has 0 unspecified atom stereocenters. The van der Waals surface area contributed by atoms with Crippen LogP contribution in [0, 0.1) is 5.41 Å². The minimum atomic E-state index is -3.20. The Hall–Kier alpha value is -0.580. The van der Waals surface area contributed by atoms with Gasteiger partial charge in [0.15, 0.2) is 15.8 Å². The molecule has 1 amide bonds. The van der Waals surface area contributed by atoms with Crippen LogP contribution in [-0.4, -0.2) is 69.9 Å². The van der Waals surface area contributed by atoms with Gasteiger partial charge in [-0.15, -0.1) is 24.0 Å². The summed E-state index contributed by atoms with van der Waals surface area (Å²) < 4.78 is 22.8. The molecule has 0 aromatic rings. The van der Waals surface area contributed by atoms with Crippen molar-refractivity contribution in [3.8, 4) is 0 Å². The first kappa shape index (κ1) is 25.4. The van der Waals surface area contributed by atoms with E-state index < -0.39 is 20.0 Å². The lowest BCUT2D eigenvalue weighted by Crippen LogP contribution is -2.49. The van der Waals surface area contributed by atoms with Crippen LogP contribution in [0.3, 0.4) is 0 Å². The number of nitrogens with zero attached hydrogens (tertiary/aromatic N) is 2. The Morgan fingerprint density at radius 2 is 1.73 bits per heavy atom. The Morgan fingerprint density at radius 3 is 2.15 bits per heavy atom. The molecule has 0 aliphatic heterocycles. The summed E-state index contributed by atoms with van der Waals surface area (Å²) in [6.07, 6.45) is 5.06. The molecule has 26 heavy (non-hydrogen) atoms. The summed E-state index contributed by atoms with van der Waals surface area (Å²) in [6.45, 7) is 6.63. The summed E-state index contributed by atoms with van der Waals surface area (Å²) in [5.74, 6) is 0.696. The van der Waals surface area contributed by atoms with Crippen LogP contribution in [0.1, 0.15) is 46.5 Å². The molecule has 1 fully saturated rings. The average Bonchev–Trinajstić information content (AvgIpc) is 2.98. The highest BCUT2D eigenvalue weighted by Crippen LogP contribution is 2.38. The van der Waals surface area contributed by atoms with Crippen molar-refractivity contribution in [2.45, 2.75) is 51.2 Å². The van der Waals surface area contributed by atoms with Crippen molar-refractivity contribution in [1.82, 2.24) is 15.5 Å². The molecule has 0 bridgehead atoms. The molecule has 1 aliphatic carbocycles. The molecule has 9 heteroatoms. The van der Waals surface area contributed by atoms with Gasteiger partial charge in [-0.05, 0) is 33.6 Å². The highest BCUT2D eigenvalue weighted by molar-refractivity contribution is 14.0. The summed E-state index contributed by atoms with van der Waals surface area (Å²) in [4.78, 5) is 18.7. The highest BCUT2D eigenvalue weighted by atomic mass is 127. The van der Waals surface area contributed by atoms with Crippen LogP contribution in [0.15, 0.2) is 4.99 Å². The minimum Gasteiger partial charge on any atom is -0.357 e. The molecule has 0 saturated heterocycles. The number of hydrogen-bond acceptors (Lipinski definition) is 4. The molecule has 0 aromatic carbocycles. The van der Waals surface area contributed by atoms with E-state index in [9.17, 15) is 13.2 Å². The molecule has 2 N–H and O–H groups in total. The van der Waals surface area contributed by atoms with Crippen LogP contribution in [0.4, 0.5) is 0 Å². The monoisotopic (exact) mass is 502 g/mol. The molecular weight excluding hydrogens is 467 g/mol. The second-order valence-electron chi connectivity index (χ2n) is 7.77. The quantitative estimate of drug-likeness (QED) is 0.314. The van der Waals surface area contributed by atoms with Crippen molar-refractivity contribution in [3.63, 3.8) is 0 Å². The molecule has 1 saturated carbocycles. The third kappa shape index (κ3) is 6.54. The van der Waals surface area contributed by atoms with Crippen LogP contribution in [0.25, 0.3) is 0 Å². The van der Waals surface area contributed by atoms with E-state index in [0.717, 1.165) is 25.7 Å². The number of carbonyl (C=O) groups is 1. The zero-order chi connectivity index (χ0) is 19.3. The third-order valence-electron chi connectivity index (χ3n) is 4.98. The largest absolute Gasteiger partial charge is 0.357 e. The van der Waals surface area contributed by atoms with E-state index in [2.05, 4.69) is 15.6 Å². The Balaban J connectivity index is 0.00000625. The number of sulfone groups is 1. The number of guanidine groups is 1. The lowest BCUT2D eigenvalue weighted by atomic mass is 9.84. The maximum Gasteiger partial charge on any atom is 0.230 e. The van der Waals surface area contributed by atoms with Crippen molar-refractivity contribution < 1.29 is 13.2 Å². The van der Waals surface area contributed by atoms with Gasteiger partial charge in [-0.1, -0.05) is 12.8 Å². The summed E-state index contributed by atoms with van der Waals surface area (Å²) in [6, 6.07) is 0. The summed E-state index contributed by atoms with van der Waals surface area (Å²) in [5, 5.41) is 6.39. The van der Waals surface area contributed by atoms with Crippen molar-refractivity contribution >= 4 is 45.7 Å². The Morgan fingerprint density at radius 1 is 1.19 bits per heavy atom. The van der Waals surface area contributed by atoms with Gasteiger partial charge >= 0.3 is 0 Å². The van der Waals surface area contributed by atoms with Crippen LogP contribution >= 0.6 is 24.0 Å². The number of carbonyl (C=O) groups excluding carboxylic acids is 1. The van der Waals surface area contributed by atoms with Crippen LogP contribution < -0.4 is 10.6 Å². The van der Waals surface area contributed by atoms with Crippen LogP contribution in [0.5, 0.6) is 0 Å². The second-order valence-corrected chi connectivity index (χ2v) is 10.4. The molecule has 1 rings (SSSR count). The van der Waals surface area contributed by atoms with Gasteiger partial charge in [0.05, 0.1) is 16.7 Å². The van der Waals surface area contributed by atoms with E-state index in [0.29, 0.717) is 19.0 Å². The molecular formula is C17H35IN4O3S. The fraction of sp³-hybridized carbons (Fsp3) is 0.882. The van der Waals surface area contributed by atoms with Gasteiger partial charge in [-0.2, -0.15) is 0 Å². The smallest absolute Gasteiger partial charge is 0.230 e. The predicted molar refractivity (Wildman–Crippen MR) is 118 cm³/mol. The minimum absolute atomic E-state index is 0. The molecule has 0 atom stereocenters. The van der Waals surface area contributed by atoms with E-state index in [1.165, 1.54) is 6.26 Å². The van der Waals surface area contributed by atoms with Gasteiger partial charge in [-0.25, -0.2) is 8.42 Å². The standard InChI is InChI=1S/C17H34N4O3S.HI/c1-7-18-15(19-12-16(2,3)25(6,23)24)20-13-17(10-8-9-11-17)14(22)21(4)5;/h7-13H2,1-6H3,(H2,18,19,20);1H. The van der Waals surface area contributed by atoms with E-state index in [1.807, 2.05) is 6.92 Å². The molecule has 154 valence electrons. The number of rotatable bonds is 7. The molecule has 0 aromatic heterocycles. The Labute approximate surface area is 175 Å². The summed E-state index contributed by atoms with van der Waals surface area (Å²) in [7, 11) is 0.372. The first-order chi connectivity index (χ1) is 11.5. The van der Waals surface area contributed by atoms with E-state index in [-0.39, 0.29) is 36.4 Å². The normalized spacial score (nSPS) is 17.4. The topological polar surface area (TPSA) is 90.9 Å².